The highest BCUT2D eigenvalue weighted by Crippen LogP contribution is 2.20. The van der Waals surface area contributed by atoms with Crippen LogP contribution in [0.25, 0.3) is 0 Å². The van der Waals surface area contributed by atoms with Crippen LogP contribution in [-0.2, 0) is 4.79 Å². The van der Waals surface area contributed by atoms with Gasteiger partial charge in [0.1, 0.15) is 11.6 Å². The first-order valence-electron chi connectivity index (χ1n) is 6.38. The van der Waals surface area contributed by atoms with E-state index in [-0.39, 0.29) is 24.2 Å². The van der Waals surface area contributed by atoms with Crippen LogP contribution in [0.1, 0.15) is 32.4 Å². The molecule has 0 aliphatic carbocycles. The van der Waals surface area contributed by atoms with E-state index in [4.69, 9.17) is 5.11 Å². The van der Waals surface area contributed by atoms with E-state index in [0.29, 0.717) is 18.0 Å². The minimum absolute atomic E-state index is 0.108. The summed E-state index contributed by atoms with van der Waals surface area (Å²) in [5, 5.41) is 14.9. The zero-order valence-electron chi connectivity index (χ0n) is 11.5. The van der Waals surface area contributed by atoms with E-state index in [9.17, 15) is 9.18 Å². The van der Waals surface area contributed by atoms with Crippen LogP contribution in [0.4, 0.5) is 4.39 Å². The molecule has 0 radical (unpaired) electrons. The Hall–Kier alpha value is -1.62. The molecule has 4 nitrogen and oxygen atoms in total. The highest BCUT2D eigenvalue weighted by atomic mass is 19.1. The van der Waals surface area contributed by atoms with Crippen LogP contribution in [-0.4, -0.2) is 24.1 Å². The topological polar surface area (TPSA) is 61.4 Å². The first kappa shape index (κ1) is 15.4. The molecule has 1 amide bonds. The number of rotatable bonds is 6. The van der Waals surface area contributed by atoms with Crippen molar-refractivity contribution in [3.05, 3.63) is 29.6 Å². The Balaban J connectivity index is 2.46. The second-order valence-corrected chi connectivity index (χ2v) is 5.01. The molecule has 3 N–H and O–H groups in total. The summed E-state index contributed by atoms with van der Waals surface area (Å²) in [4.78, 5) is 11.5. The lowest BCUT2D eigenvalue weighted by Crippen LogP contribution is -2.36. The number of hydrogen-bond acceptors (Lipinski definition) is 3. The Kier molecular flexibility index (Phi) is 5.76. The summed E-state index contributed by atoms with van der Waals surface area (Å²) in [5.74, 6) is -0.304. The maximum Gasteiger partial charge on any atom is 0.233 e. The van der Waals surface area contributed by atoms with Gasteiger partial charge in [-0.1, -0.05) is 19.9 Å². The largest absolute Gasteiger partial charge is 0.508 e. The van der Waals surface area contributed by atoms with E-state index in [2.05, 4.69) is 10.6 Å². The quantitative estimate of drug-likeness (QED) is 0.739. The number of phenols is 1. The summed E-state index contributed by atoms with van der Waals surface area (Å²) < 4.78 is 13.6. The lowest BCUT2D eigenvalue weighted by Gasteiger charge is -2.15. The highest BCUT2D eigenvalue weighted by Gasteiger charge is 2.12. The molecule has 19 heavy (non-hydrogen) atoms. The van der Waals surface area contributed by atoms with Gasteiger partial charge in [-0.15, -0.1) is 0 Å². The number of phenolic OH excluding ortho intramolecular Hbond substituents is 1. The number of nitrogens with one attached hydrogen (secondary N) is 2. The van der Waals surface area contributed by atoms with E-state index in [1.807, 2.05) is 13.8 Å². The minimum Gasteiger partial charge on any atom is -0.508 e. The third-order valence-corrected chi connectivity index (χ3v) is 2.73. The van der Waals surface area contributed by atoms with Gasteiger partial charge in [0.05, 0.1) is 6.54 Å². The highest BCUT2D eigenvalue weighted by molar-refractivity contribution is 5.78. The molecule has 1 atom stereocenters. The van der Waals surface area contributed by atoms with E-state index in [1.54, 1.807) is 6.92 Å². The third-order valence-electron chi connectivity index (χ3n) is 2.73. The summed E-state index contributed by atoms with van der Waals surface area (Å²) in [5.41, 5.74) is 0.425. The molecule has 0 saturated carbocycles. The lowest BCUT2D eigenvalue weighted by molar-refractivity contribution is -0.120. The van der Waals surface area contributed by atoms with Crippen molar-refractivity contribution >= 4 is 5.91 Å². The van der Waals surface area contributed by atoms with Crippen molar-refractivity contribution in [1.29, 1.82) is 0 Å². The molecule has 1 aromatic carbocycles. The zero-order valence-corrected chi connectivity index (χ0v) is 11.5. The number of benzene rings is 1. The molecule has 0 spiro atoms. The molecule has 0 bridgehead atoms. The Morgan fingerprint density at radius 1 is 1.37 bits per heavy atom. The number of halogens is 1. The smallest absolute Gasteiger partial charge is 0.233 e. The van der Waals surface area contributed by atoms with Crippen LogP contribution >= 0.6 is 0 Å². The molecule has 1 rings (SSSR count). The van der Waals surface area contributed by atoms with Gasteiger partial charge in [-0.3, -0.25) is 4.79 Å². The average Bonchev–Trinajstić information content (AvgIpc) is 2.33. The van der Waals surface area contributed by atoms with Gasteiger partial charge in [0.25, 0.3) is 0 Å². The molecule has 0 saturated heterocycles. The van der Waals surface area contributed by atoms with Gasteiger partial charge in [-0.2, -0.15) is 0 Å². The Morgan fingerprint density at radius 3 is 2.63 bits per heavy atom. The number of amides is 1. The number of hydrogen-bond donors (Lipinski definition) is 3. The van der Waals surface area contributed by atoms with Gasteiger partial charge < -0.3 is 15.7 Å². The second kappa shape index (κ2) is 7.09. The molecule has 0 aliphatic rings. The molecule has 5 heteroatoms. The second-order valence-electron chi connectivity index (χ2n) is 5.01. The van der Waals surface area contributed by atoms with Crippen molar-refractivity contribution in [2.75, 3.05) is 13.1 Å². The zero-order chi connectivity index (χ0) is 14.4. The molecule has 1 aromatic rings. The Labute approximate surface area is 113 Å². The van der Waals surface area contributed by atoms with E-state index in [0.717, 1.165) is 6.07 Å². The molecular formula is C14H21FN2O2. The van der Waals surface area contributed by atoms with Crippen LogP contribution in [0.5, 0.6) is 5.75 Å². The monoisotopic (exact) mass is 268 g/mol. The van der Waals surface area contributed by atoms with Gasteiger partial charge in [-0.05, 0) is 18.9 Å². The average molecular weight is 268 g/mol. The molecule has 0 fully saturated rings. The Bertz CT molecular complexity index is 435. The van der Waals surface area contributed by atoms with Crippen molar-refractivity contribution < 1.29 is 14.3 Å². The normalized spacial score (nSPS) is 12.5. The SMILES string of the molecule is CC(C)CNC(=O)CNC(C)c1ccc(O)cc1F. The summed E-state index contributed by atoms with van der Waals surface area (Å²) >= 11 is 0. The summed E-state index contributed by atoms with van der Waals surface area (Å²) in [7, 11) is 0. The van der Waals surface area contributed by atoms with Crippen molar-refractivity contribution in [3.8, 4) is 5.75 Å². The van der Waals surface area contributed by atoms with Gasteiger partial charge in [0.15, 0.2) is 0 Å². The van der Waals surface area contributed by atoms with Crippen LogP contribution in [0.3, 0.4) is 0 Å². The number of carbonyl (C=O) groups is 1. The maximum atomic E-state index is 13.6. The summed E-state index contributed by atoms with van der Waals surface area (Å²) in [6.07, 6.45) is 0. The van der Waals surface area contributed by atoms with Gasteiger partial charge in [0, 0.05) is 24.2 Å². The third kappa shape index (κ3) is 5.26. The minimum atomic E-state index is -0.484. The summed E-state index contributed by atoms with van der Waals surface area (Å²) in [6.45, 7) is 6.56. The maximum absolute atomic E-state index is 13.6. The standard InChI is InChI=1S/C14H21FN2O2/c1-9(2)7-17-14(19)8-16-10(3)12-5-4-11(18)6-13(12)15/h4-6,9-10,16,18H,7-8H2,1-3H3,(H,17,19). The van der Waals surface area contributed by atoms with E-state index >= 15 is 0 Å². The fraction of sp³-hybridized carbons (Fsp3) is 0.500. The van der Waals surface area contributed by atoms with Gasteiger partial charge in [-0.25, -0.2) is 4.39 Å². The first-order valence-corrected chi connectivity index (χ1v) is 6.38. The van der Waals surface area contributed by atoms with Crippen molar-refractivity contribution in [2.45, 2.75) is 26.8 Å². The molecule has 0 heterocycles. The molecule has 0 aliphatic heterocycles. The molecule has 0 aromatic heterocycles. The van der Waals surface area contributed by atoms with E-state index < -0.39 is 5.82 Å². The van der Waals surface area contributed by atoms with E-state index in [1.165, 1.54) is 12.1 Å². The fourth-order valence-electron chi connectivity index (χ4n) is 1.60. The van der Waals surface area contributed by atoms with Gasteiger partial charge in [0.2, 0.25) is 5.91 Å². The predicted octanol–water partition coefficient (Wildman–Crippen LogP) is 1.95. The predicted molar refractivity (Wildman–Crippen MR) is 72.3 cm³/mol. The van der Waals surface area contributed by atoms with Crippen LogP contribution < -0.4 is 10.6 Å². The first-order chi connectivity index (χ1) is 8.90. The Morgan fingerprint density at radius 2 is 2.05 bits per heavy atom. The molecular weight excluding hydrogens is 247 g/mol. The summed E-state index contributed by atoms with van der Waals surface area (Å²) in [6, 6.07) is 3.70. The fourth-order valence-corrected chi connectivity index (χ4v) is 1.60. The number of carbonyl (C=O) groups excluding carboxylic acids is 1. The van der Waals surface area contributed by atoms with Crippen molar-refractivity contribution in [3.63, 3.8) is 0 Å². The van der Waals surface area contributed by atoms with Crippen LogP contribution in [0.15, 0.2) is 18.2 Å². The van der Waals surface area contributed by atoms with Crippen LogP contribution in [0.2, 0.25) is 0 Å². The molecule has 106 valence electrons. The van der Waals surface area contributed by atoms with Crippen molar-refractivity contribution in [2.24, 2.45) is 5.92 Å². The van der Waals surface area contributed by atoms with Gasteiger partial charge >= 0.3 is 0 Å². The molecule has 1 unspecified atom stereocenters. The lowest BCUT2D eigenvalue weighted by atomic mass is 10.1. The van der Waals surface area contributed by atoms with Crippen molar-refractivity contribution in [1.82, 2.24) is 10.6 Å². The number of aromatic hydroxyl groups is 1. The van der Waals surface area contributed by atoms with Crippen LogP contribution in [0, 0.1) is 11.7 Å².